The largest absolute Gasteiger partial charge is 0.382 e. The molecular weight excluding hydrogens is 200 g/mol. The number of nitrogens with zero attached hydrogens (tertiary/aromatic N) is 1. The van der Waals surface area contributed by atoms with Crippen molar-refractivity contribution in [3.63, 3.8) is 0 Å². The van der Waals surface area contributed by atoms with E-state index in [0.29, 0.717) is 5.56 Å². The Balaban J connectivity index is 2.66. The van der Waals surface area contributed by atoms with E-state index >= 15 is 0 Å². The second-order valence-corrected chi connectivity index (χ2v) is 2.61. The Bertz CT molecular complexity index is 382. The average Bonchev–Trinajstić information content (AvgIpc) is 2.25. The van der Waals surface area contributed by atoms with Crippen molar-refractivity contribution in [2.75, 3.05) is 6.61 Å². The van der Waals surface area contributed by atoms with Gasteiger partial charge in [0.15, 0.2) is 6.61 Å². The second-order valence-electron chi connectivity index (χ2n) is 2.61. The van der Waals surface area contributed by atoms with Crippen LogP contribution in [-0.4, -0.2) is 12.8 Å². The summed E-state index contributed by atoms with van der Waals surface area (Å²) in [4.78, 5) is 4.58. The van der Waals surface area contributed by atoms with Crippen molar-refractivity contribution in [2.24, 2.45) is 5.16 Å². The Morgan fingerprint density at radius 2 is 2.27 bits per heavy atom. The summed E-state index contributed by atoms with van der Waals surface area (Å²) in [6.07, 6.45) is 4.86. The highest BCUT2D eigenvalue weighted by Gasteiger charge is 2.05. The van der Waals surface area contributed by atoms with Crippen LogP contribution in [0.5, 0.6) is 0 Å². The van der Waals surface area contributed by atoms with Crippen LogP contribution >= 0.6 is 0 Å². The van der Waals surface area contributed by atoms with Crippen LogP contribution < -0.4 is 0 Å². The van der Waals surface area contributed by atoms with Gasteiger partial charge in [-0.05, 0) is 6.07 Å². The molecule has 0 bridgehead atoms. The van der Waals surface area contributed by atoms with Crippen LogP contribution in [0.15, 0.2) is 29.4 Å². The SMILES string of the molecule is C#CCON=[C]c1cccc(C(F)F)c1. The van der Waals surface area contributed by atoms with Crippen LogP contribution in [0.3, 0.4) is 0 Å². The molecule has 0 saturated carbocycles. The van der Waals surface area contributed by atoms with Crippen molar-refractivity contribution in [3.8, 4) is 12.3 Å². The van der Waals surface area contributed by atoms with E-state index in [4.69, 9.17) is 6.42 Å². The maximum Gasteiger partial charge on any atom is 0.263 e. The lowest BCUT2D eigenvalue weighted by Crippen LogP contribution is -1.89. The monoisotopic (exact) mass is 208 g/mol. The van der Waals surface area contributed by atoms with Crippen molar-refractivity contribution in [3.05, 3.63) is 35.4 Å². The fourth-order valence-corrected chi connectivity index (χ4v) is 0.898. The van der Waals surface area contributed by atoms with Gasteiger partial charge in [0.25, 0.3) is 6.43 Å². The maximum absolute atomic E-state index is 12.3. The third kappa shape index (κ3) is 3.77. The molecule has 0 N–H and O–H groups in total. The molecule has 0 aliphatic rings. The summed E-state index contributed by atoms with van der Waals surface area (Å²) in [5, 5.41) is 3.39. The molecule has 1 aromatic carbocycles. The minimum absolute atomic E-state index is 0.0293. The first-order valence-corrected chi connectivity index (χ1v) is 4.13. The highest BCUT2D eigenvalue weighted by Crippen LogP contribution is 2.18. The zero-order valence-electron chi connectivity index (χ0n) is 7.78. The lowest BCUT2D eigenvalue weighted by atomic mass is 10.1. The summed E-state index contributed by atoms with van der Waals surface area (Å²) in [6, 6.07) is 5.71. The van der Waals surface area contributed by atoms with Crippen molar-refractivity contribution >= 4 is 6.21 Å². The molecule has 1 radical (unpaired) electrons. The zero-order chi connectivity index (χ0) is 11.1. The smallest absolute Gasteiger partial charge is 0.263 e. The van der Waals surface area contributed by atoms with E-state index < -0.39 is 6.43 Å². The molecule has 0 amide bonds. The summed E-state index contributed by atoms with van der Waals surface area (Å²) in [7, 11) is 0. The van der Waals surface area contributed by atoms with Gasteiger partial charge in [-0.1, -0.05) is 29.3 Å². The van der Waals surface area contributed by atoms with E-state index in [2.05, 4.69) is 22.1 Å². The molecule has 0 spiro atoms. The highest BCUT2D eigenvalue weighted by molar-refractivity contribution is 5.79. The Labute approximate surface area is 86.5 Å². The Morgan fingerprint density at radius 3 is 2.93 bits per heavy atom. The van der Waals surface area contributed by atoms with Gasteiger partial charge in [0.2, 0.25) is 0 Å². The van der Waals surface area contributed by atoms with Gasteiger partial charge < -0.3 is 4.84 Å². The van der Waals surface area contributed by atoms with Gasteiger partial charge in [-0.25, -0.2) is 8.78 Å². The first kappa shape index (κ1) is 11.2. The summed E-state index contributed by atoms with van der Waals surface area (Å²) < 4.78 is 24.5. The van der Waals surface area contributed by atoms with E-state index in [9.17, 15) is 8.78 Å². The minimum Gasteiger partial charge on any atom is -0.382 e. The lowest BCUT2D eigenvalue weighted by Gasteiger charge is -1.99. The first-order valence-electron chi connectivity index (χ1n) is 4.13. The van der Waals surface area contributed by atoms with Gasteiger partial charge in [0, 0.05) is 11.1 Å². The van der Waals surface area contributed by atoms with E-state index in [1.807, 2.05) is 0 Å². The van der Waals surface area contributed by atoms with E-state index in [0.717, 1.165) is 0 Å². The molecule has 0 aliphatic heterocycles. The quantitative estimate of drug-likeness (QED) is 0.322. The number of rotatable bonds is 4. The molecule has 77 valence electrons. The van der Waals surface area contributed by atoms with Gasteiger partial charge in [0.05, 0.1) is 0 Å². The molecule has 0 unspecified atom stereocenters. The predicted octanol–water partition coefficient (Wildman–Crippen LogP) is 2.48. The lowest BCUT2D eigenvalue weighted by molar-refractivity contribution is 0.151. The van der Waals surface area contributed by atoms with Crippen LogP contribution in [0.2, 0.25) is 0 Å². The van der Waals surface area contributed by atoms with Crippen molar-refractivity contribution in [1.29, 1.82) is 0 Å². The number of halogens is 2. The first-order chi connectivity index (χ1) is 7.24. The zero-order valence-corrected chi connectivity index (χ0v) is 7.78. The topological polar surface area (TPSA) is 21.6 Å². The number of benzene rings is 1. The van der Waals surface area contributed by atoms with Crippen LogP contribution in [0, 0.1) is 12.3 Å². The molecule has 0 heterocycles. The van der Waals surface area contributed by atoms with Gasteiger partial charge in [-0.15, -0.1) is 6.42 Å². The Kier molecular flexibility index (Phi) is 4.30. The molecular formula is C11H8F2NO. The third-order valence-corrected chi connectivity index (χ3v) is 1.53. The number of terminal acetylenes is 1. The molecule has 1 aromatic rings. The molecule has 0 aromatic heterocycles. The molecule has 1 rings (SSSR count). The van der Waals surface area contributed by atoms with Gasteiger partial charge >= 0.3 is 0 Å². The fourth-order valence-electron chi connectivity index (χ4n) is 0.898. The van der Waals surface area contributed by atoms with Crippen molar-refractivity contribution < 1.29 is 13.6 Å². The Hall–Kier alpha value is -1.89. The van der Waals surface area contributed by atoms with Crippen LogP contribution in [-0.2, 0) is 4.84 Å². The van der Waals surface area contributed by atoms with Crippen molar-refractivity contribution in [1.82, 2.24) is 0 Å². The number of hydrogen-bond donors (Lipinski definition) is 0. The molecule has 2 nitrogen and oxygen atoms in total. The summed E-state index contributed by atoms with van der Waals surface area (Å²) in [5.41, 5.74) is 0.344. The molecule has 4 heteroatoms. The predicted molar refractivity (Wildman–Crippen MR) is 52.7 cm³/mol. The molecule has 0 atom stereocenters. The minimum atomic E-state index is -2.50. The third-order valence-electron chi connectivity index (χ3n) is 1.53. The van der Waals surface area contributed by atoms with Crippen LogP contribution in [0.25, 0.3) is 0 Å². The maximum atomic E-state index is 12.3. The summed E-state index contributed by atoms with van der Waals surface area (Å²) in [5.74, 6) is 2.21. The fraction of sp³-hybridized carbons (Fsp3) is 0.182. The normalized spacial score (nSPS) is 10.5. The number of alkyl halides is 2. The standard InChI is InChI=1S/C11H8F2NO/c1-2-6-15-14-8-9-4-3-5-10(7-9)11(12)13/h1,3-5,7,11H,6H2. The average molecular weight is 208 g/mol. The van der Waals surface area contributed by atoms with Gasteiger partial charge in [-0.3, -0.25) is 0 Å². The van der Waals surface area contributed by atoms with E-state index in [-0.39, 0.29) is 12.2 Å². The molecule has 0 saturated heterocycles. The Morgan fingerprint density at radius 1 is 1.47 bits per heavy atom. The summed E-state index contributed by atoms with van der Waals surface area (Å²) >= 11 is 0. The highest BCUT2D eigenvalue weighted by atomic mass is 19.3. The van der Waals surface area contributed by atoms with Crippen LogP contribution in [0.1, 0.15) is 17.6 Å². The molecule has 0 aliphatic carbocycles. The number of hydrogen-bond acceptors (Lipinski definition) is 2. The van der Waals surface area contributed by atoms with E-state index in [1.165, 1.54) is 18.2 Å². The van der Waals surface area contributed by atoms with E-state index in [1.54, 1.807) is 6.07 Å². The second kappa shape index (κ2) is 5.76. The summed E-state index contributed by atoms with van der Waals surface area (Å²) in [6.45, 7) is 0.0293. The molecule has 15 heavy (non-hydrogen) atoms. The van der Waals surface area contributed by atoms with Crippen molar-refractivity contribution in [2.45, 2.75) is 6.43 Å². The van der Waals surface area contributed by atoms with Gasteiger partial charge in [-0.2, -0.15) is 0 Å². The van der Waals surface area contributed by atoms with Crippen LogP contribution in [0.4, 0.5) is 8.78 Å². The van der Waals surface area contributed by atoms with Gasteiger partial charge in [0.1, 0.15) is 6.21 Å². The molecule has 0 fully saturated rings.